The first-order valence-corrected chi connectivity index (χ1v) is 6.46. The summed E-state index contributed by atoms with van der Waals surface area (Å²) in [7, 11) is 0. The molecular weight excluding hydrogens is 358 g/mol. The van der Waals surface area contributed by atoms with Gasteiger partial charge in [-0.25, -0.2) is 13.2 Å². The second kappa shape index (κ2) is 5.85. The molecule has 0 heterocycles. The molecule has 20 heavy (non-hydrogen) atoms. The molecule has 0 radical (unpaired) electrons. The number of rotatable bonds is 2. The molecule has 0 saturated carbocycles. The fraction of sp³-hybridized carbons (Fsp3) is 0. The zero-order valence-electron chi connectivity index (χ0n) is 9.68. The lowest BCUT2D eigenvalue weighted by Crippen LogP contribution is -2.14. The molecule has 1 N–H and O–H groups in total. The van der Waals surface area contributed by atoms with E-state index in [2.05, 4.69) is 21.2 Å². The first-order chi connectivity index (χ1) is 9.38. The summed E-state index contributed by atoms with van der Waals surface area (Å²) in [4.78, 5) is 11.9. The Morgan fingerprint density at radius 3 is 2.55 bits per heavy atom. The van der Waals surface area contributed by atoms with Crippen LogP contribution in [-0.4, -0.2) is 5.91 Å². The lowest BCUT2D eigenvalue weighted by Gasteiger charge is -2.09. The van der Waals surface area contributed by atoms with Gasteiger partial charge in [-0.3, -0.25) is 4.79 Å². The molecule has 1 amide bonds. The van der Waals surface area contributed by atoms with Gasteiger partial charge in [0.2, 0.25) is 0 Å². The Labute approximate surface area is 125 Å². The summed E-state index contributed by atoms with van der Waals surface area (Å²) in [6, 6.07) is 5.55. The van der Waals surface area contributed by atoms with Crippen LogP contribution in [0, 0.1) is 17.5 Å². The fourth-order valence-corrected chi connectivity index (χ4v) is 2.07. The van der Waals surface area contributed by atoms with Gasteiger partial charge in [-0.15, -0.1) is 0 Å². The second-order valence-electron chi connectivity index (χ2n) is 3.83. The van der Waals surface area contributed by atoms with Crippen LogP contribution in [0.4, 0.5) is 18.9 Å². The van der Waals surface area contributed by atoms with Gasteiger partial charge in [0.1, 0.15) is 5.82 Å². The van der Waals surface area contributed by atoms with E-state index in [1.807, 2.05) is 0 Å². The Kier molecular flexibility index (Phi) is 4.35. The SMILES string of the molecule is O=C(Nc1cc(F)cc(F)c1F)c1cc(Br)ccc1Cl. The predicted octanol–water partition coefficient (Wildman–Crippen LogP) is 4.77. The van der Waals surface area contributed by atoms with Crippen molar-refractivity contribution >= 4 is 39.1 Å². The highest BCUT2D eigenvalue weighted by molar-refractivity contribution is 9.10. The smallest absolute Gasteiger partial charge is 0.257 e. The minimum Gasteiger partial charge on any atom is -0.319 e. The van der Waals surface area contributed by atoms with Crippen molar-refractivity contribution in [2.45, 2.75) is 0 Å². The zero-order valence-corrected chi connectivity index (χ0v) is 12.0. The normalized spacial score (nSPS) is 10.4. The highest BCUT2D eigenvalue weighted by atomic mass is 79.9. The van der Waals surface area contributed by atoms with Crippen molar-refractivity contribution in [3.63, 3.8) is 0 Å². The summed E-state index contributed by atoms with van der Waals surface area (Å²) in [6.45, 7) is 0. The molecule has 0 atom stereocenters. The lowest BCUT2D eigenvalue weighted by atomic mass is 10.2. The number of benzene rings is 2. The van der Waals surface area contributed by atoms with Crippen molar-refractivity contribution in [1.29, 1.82) is 0 Å². The largest absolute Gasteiger partial charge is 0.319 e. The minimum absolute atomic E-state index is 0.0464. The third kappa shape index (κ3) is 3.13. The summed E-state index contributed by atoms with van der Waals surface area (Å²) in [6.07, 6.45) is 0. The maximum Gasteiger partial charge on any atom is 0.257 e. The number of hydrogen-bond acceptors (Lipinski definition) is 1. The van der Waals surface area contributed by atoms with Crippen LogP contribution in [-0.2, 0) is 0 Å². The van der Waals surface area contributed by atoms with Crippen molar-refractivity contribution in [3.05, 3.63) is 62.8 Å². The molecular formula is C13H6BrClF3NO. The lowest BCUT2D eigenvalue weighted by molar-refractivity contribution is 0.102. The predicted molar refractivity (Wildman–Crippen MR) is 73.4 cm³/mol. The summed E-state index contributed by atoms with van der Waals surface area (Å²) < 4.78 is 40.1. The second-order valence-corrected chi connectivity index (χ2v) is 5.15. The molecule has 0 aliphatic carbocycles. The number of carbonyl (C=O) groups excluding carboxylic acids is 1. The molecule has 2 aromatic rings. The third-order valence-electron chi connectivity index (χ3n) is 2.41. The summed E-state index contributed by atoms with van der Waals surface area (Å²) in [5, 5.41) is 2.20. The highest BCUT2D eigenvalue weighted by Gasteiger charge is 2.16. The number of hydrogen-bond donors (Lipinski definition) is 1. The molecule has 0 unspecified atom stereocenters. The van der Waals surface area contributed by atoms with Gasteiger partial charge < -0.3 is 5.32 Å². The van der Waals surface area contributed by atoms with Crippen LogP contribution >= 0.6 is 27.5 Å². The number of nitrogens with one attached hydrogen (secondary N) is 1. The molecule has 0 aliphatic rings. The van der Waals surface area contributed by atoms with Crippen LogP contribution in [0.1, 0.15) is 10.4 Å². The number of amides is 1. The molecule has 0 spiro atoms. The topological polar surface area (TPSA) is 29.1 Å². The van der Waals surface area contributed by atoms with Gasteiger partial charge in [0, 0.05) is 16.6 Å². The summed E-state index contributed by atoms with van der Waals surface area (Å²) in [5.74, 6) is -4.51. The van der Waals surface area contributed by atoms with E-state index < -0.39 is 29.0 Å². The first kappa shape index (κ1) is 14.9. The molecule has 7 heteroatoms. The Balaban J connectivity index is 2.35. The quantitative estimate of drug-likeness (QED) is 0.764. The van der Waals surface area contributed by atoms with Gasteiger partial charge in [-0.1, -0.05) is 27.5 Å². The van der Waals surface area contributed by atoms with Crippen molar-refractivity contribution in [3.8, 4) is 0 Å². The minimum atomic E-state index is -1.39. The van der Waals surface area contributed by atoms with E-state index in [0.29, 0.717) is 16.6 Å². The van der Waals surface area contributed by atoms with Gasteiger partial charge in [0.05, 0.1) is 16.3 Å². The van der Waals surface area contributed by atoms with E-state index in [1.165, 1.54) is 12.1 Å². The average Bonchev–Trinajstić information content (AvgIpc) is 2.38. The summed E-state index contributed by atoms with van der Waals surface area (Å²) >= 11 is 8.99. The van der Waals surface area contributed by atoms with Crippen LogP contribution in [0.2, 0.25) is 5.02 Å². The Morgan fingerprint density at radius 2 is 1.85 bits per heavy atom. The van der Waals surface area contributed by atoms with Gasteiger partial charge in [0.25, 0.3) is 5.91 Å². The summed E-state index contributed by atoms with van der Waals surface area (Å²) in [5.41, 5.74) is -0.548. The van der Waals surface area contributed by atoms with Crippen molar-refractivity contribution < 1.29 is 18.0 Å². The molecule has 2 nitrogen and oxygen atoms in total. The maximum absolute atomic E-state index is 13.4. The van der Waals surface area contributed by atoms with Gasteiger partial charge in [0.15, 0.2) is 11.6 Å². The monoisotopic (exact) mass is 363 g/mol. The van der Waals surface area contributed by atoms with Crippen LogP contribution in [0.5, 0.6) is 0 Å². The van der Waals surface area contributed by atoms with E-state index in [0.717, 1.165) is 0 Å². The van der Waals surface area contributed by atoms with Crippen LogP contribution in [0.3, 0.4) is 0 Å². The van der Waals surface area contributed by atoms with Crippen molar-refractivity contribution in [1.82, 2.24) is 0 Å². The van der Waals surface area contributed by atoms with Gasteiger partial charge in [-0.05, 0) is 18.2 Å². The molecule has 0 aromatic heterocycles. The highest BCUT2D eigenvalue weighted by Crippen LogP contribution is 2.24. The fourth-order valence-electron chi connectivity index (χ4n) is 1.51. The Morgan fingerprint density at radius 1 is 1.15 bits per heavy atom. The van der Waals surface area contributed by atoms with Crippen LogP contribution < -0.4 is 5.32 Å². The third-order valence-corrected chi connectivity index (χ3v) is 3.24. The van der Waals surface area contributed by atoms with Crippen molar-refractivity contribution in [2.24, 2.45) is 0 Å². The number of halogens is 5. The number of carbonyl (C=O) groups is 1. The standard InChI is InChI=1S/C13H6BrClF3NO/c14-6-1-2-9(15)8(3-6)13(20)19-11-5-7(16)4-10(17)12(11)18/h1-5H,(H,19,20). The Hall–Kier alpha value is -1.53. The molecule has 2 rings (SSSR count). The van der Waals surface area contributed by atoms with Gasteiger partial charge >= 0.3 is 0 Å². The van der Waals surface area contributed by atoms with Crippen LogP contribution in [0.15, 0.2) is 34.8 Å². The molecule has 0 bridgehead atoms. The average molecular weight is 365 g/mol. The van der Waals surface area contributed by atoms with Crippen LogP contribution in [0.25, 0.3) is 0 Å². The van der Waals surface area contributed by atoms with E-state index in [1.54, 1.807) is 6.07 Å². The Bertz CT molecular complexity index is 694. The first-order valence-electron chi connectivity index (χ1n) is 5.29. The zero-order chi connectivity index (χ0) is 14.9. The van der Waals surface area contributed by atoms with Crippen molar-refractivity contribution in [2.75, 3.05) is 5.32 Å². The maximum atomic E-state index is 13.4. The van der Waals surface area contributed by atoms with Gasteiger partial charge in [-0.2, -0.15) is 0 Å². The van der Waals surface area contributed by atoms with E-state index >= 15 is 0 Å². The molecule has 0 fully saturated rings. The molecule has 2 aromatic carbocycles. The van der Waals surface area contributed by atoms with E-state index in [9.17, 15) is 18.0 Å². The van der Waals surface area contributed by atoms with E-state index in [-0.39, 0.29) is 10.6 Å². The molecule has 0 saturated heterocycles. The number of anilines is 1. The van der Waals surface area contributed by atoms with E-state index in [4.69, 9.17) is 11.6 Å². The molecule has 104 valence electrons. The molecule has 0 aliphatic heterocycles.